The first-order valence-electron chi connectivity index (χ1n) is 4.86. The highest BCUT2D eigenvalue weighted by Gasteiger charge is 2.26. The first-order chi connectivity index (χ1) is 7.79. The van der Waals surface area contributed by atoms with Gasteiger partial charge in [-0.2, -0.15) is 13.2 Å². The summed E-state index contributed by atoms with van der Waals surface area (Å²) in [6, 6.07) is 3.81. The van der Waals surface area contributed by atoms with Gasteiger partial charge in [0.2, 0.25) is 0 Å². The predicted octanol–water partition coefficient (Wildman–Crippen LogP) is 2.47. The number of carbonyl (C=O) groups excluding carboxylic acids is 1. The molecular weight excluding hydrogens is 238 g/mol. The van der Waals surface area contributed by atoms with Crippen LogP contribution in [0.4, 0.5) is 17.6 Å². The molecule has 0 aliphatic heterocycles. The topological polar surface area (TPSA) is 29.1 Å². The van der Waals surface area contributed by atoms with E-state index >= 15 is 0 Å². The second-order valence-electron chi connectivity index (χ2n) is 3.61. The maximum Gasteiger partial charge on any atom is 0.401 e. The lowest BCUT2D eigenvalue weighted by molar-refractivity contribution is -0.124. The van der Waals surface area contributed by atoms with Crippen molar-refractivity contribution in [2.24, 2.45) is 0 Å². The predicted molar refractivity (Wildman–Crippen MR) is 54.4 cm³/mol. The van der Waals surface area contributed by atoms with Crippen molar-refractivity contribution < 1.29 is 22.4 Å². The van der Waals surface area contributed by atoms with E-state index < -0.39 is 30.9 Å². The van der Waals surface area contributed by atoms with Crippen molar-refractivity contribution in [1.29, 1.82) is 0 Å². The minimum absolute atomic E-state index is 0.0581. The molecule has 0 fully saturated rings. The standard InChI is InChI=1S/C11H11F4NO/c1-7-2-3-8(4-9(7)12)10(17)5-16-6-11(13,14)15/h2-4,16H,5-6H2,1H3. The van der Waals surface area contributed by atoms with E-state index in [1.807, 2.05) is 5.32 Å². The number of nitrogens with one attached hydrogen (secondary N) is 1. The maximum atomic E-state index is 13.1. The van der Waals surface area contributed by atoms with E-state index in [1.165, 1.54) is 19.1 Å². The summed E-state index contributed by atoms with van der Waals surface area (Å²) in [6.07, 6.45) is -4.36. The Labute approximate surface area is 95.6 Å². The summed E-state index contributed by atoms with van der Waals surface area (Å²) in [5, 5.41) is 1.96. The molecule has 0 atom stereocenters. The summed E-state index contributed by atoms with van der Waals surface area (Å²) in [5.74, 6) is -1.13. The van der Waals surface area contributed by atoms with Crippen LogP contribution in [0.5, 0.6) is 0 Å². The molecule has 1 rings (SSSR count). The van der Waals surface area contributed by atoms with Crippen LogP contribution in [-0.4, -0.2) is 25.0 Å². The molecule has 17 heavy (non-hydrogen) atoms. The van der Waals surface area contributed by atoms with Crippen molar-refractivity contribution in [3.05, 3.63) is 35.1 Å². The summed E-state index contributed by atoms with van der Waals surface area (Å²) in [5.41, 5.74) is 0.438. The highest BCUT2D eigenvalue weighted by molar-refractivity contribution is 5.97. The van der Waals surface area contributed by atoms with Gasteiger partial charge in [0.15, 0.2) is 5.78 Å². The van der Waals surface area contributed by atoms with Crippen LogP contribution in [0, 0.1) is 12.7 Å². The molecule has 0 spiro atoms. The van der Waals surface area contributed by atoms with Gasteiger partial charge in [0, 0.05) is 5.56 Å². The number of alkyl halides is 3. The lowest BCUT2D eigenvalue weighted by Crippen LogP contribution is -2.32. The Balaban J connectivity index is 2.56. The van der Waals surface area contributed by atoms with Crippen molar-refractivity contribution in [3.8, 4) is 0 Å². The van der Waals surface area contributed by atoms with E-state index in [1.54, 1.807) is 0 Å². The van der Waals surface area contributed by atoms with Gasteiger partial charge in [-0.25, -0.2) is 4.39 Å². The minimum atomic E-state index is -4.36. The molecule has 0 saturated heterocycles. The summed E-state index contributed by atoms with van der Waals surface area (Å²) in [4.78, 5) is 11.4. The van der Waals surface area contributed by atoms with Crippen molar-refractivity contribution >= 4 is 5.78 Å². The van der Waals surface area contributed by atoms with Crippen LogP contribution in [0.2, 0.25) is 0 Å². The number of benzene rings is 1. The Bertz CT molecular complexity index is 414. The molecule has 0 heterocycles. The number of halogens is 4. The molecule has 1 aromatic rings. The van der Waals surface area contributed by atoms with Gasteiger partial charge in [-0.3, -0.25) is 4.79 Å². The van der Waals surface area contributed by atoms with Crippen molar-refractivity contribution in [3.63, 3.8) is 0 Å². The lowest BCUT2D eigenvalue weighted by Gasteiger charge is -2.07. The molecule has 0 amide bonds. The van der Waals surface area contributed by atoms with E-state index in [9.17, 15) is 22.4 Å². The van der Waals surface area contributed by atoms with Crippen LogP contribution in [0.3, 0.4) is 0 Å². The van der Waals surface area contributed by atoms with Crippen LogP contribution in [0.25, 0.3) is 0 Å². The van der Waals surface area contributed by atoms with E-state index in [-0.39, 0.29) is 5.56 Å². The van der Waals surface area contributed by atoms with E-state index in [0.717, 1.165) is 6.07 Å². The Hall–Kier alpha value is -1.43. The normalized spacial score (nSPS) is 11.6. The summed E-state index contributed by atoms with van der Waals surface area (Å²) in [7, 11) is 0. The third-order valence-electron chi connectivity index (χ3n) is 2.10. The van der Waals surface area contributed by atoms with Gasteiger partial charge >= 0.3 is 6.18 Å². The maximum absolute atomic E-state index is 13.1. The second-order valence-corrected chi connectivity index (χ2v) is 3.61. The summed E-state index contributed by atoms with van der Waals surface area (Å²) in [6.45, 7) is -0.180. The van der Waals surface area contributed by atoms with Gasteiger partial charge in [0.05, 0.1) is 13.1 Å². The van der Waals surface area contributed by atoms with E-state index in [2.05, 4.69) is 0 Å². The smallest absolute Gasteiger partial charge is 0.302 e. The largest absolute Gasteiger partial charge is 0.401 e. The Morgan fingerprint density at radius 2 is 2.00 bits per heavy atom. The molecule has 1 N–H and O–H groups in total. The number of aryl methyl sites for hydroxylation is 1. The number of carbonyl (C=O) groups is 1. The molecule has 1 aromatic carbocycles. The molecule has 0 bridgehead atoms. The number of Topliss-reactive ketones (excluding diaryl/α,β-unsaturated/α-hetero) is 1. The van der Waals surface area contributed by atoms with E-state index in [4.69, 9.17) is 0 Å². The van der Waals surface area contributed by atoms with E-state index in [0.29, 0.717) is 5.56 Å². The quantitative estimate of drug-likeness (QED) is 0.656. The second kappa shape index (κ2) is 5.27. The fourth-order valence-corrected chi connectivity index (χ4v) is 1.19. The molecule has 0 aromatic heterocycles. The lowest BCUT2D eigenvalue weighted by atomic mass is 10.1. The summed E-state index contributed by atoms with van der Waals surface area (Å²) >= 11 is 0. The zero-order valence-electron chi connectivity index (χ0n) is 9.07. The Kier molecular flexibility index (Phi) is 4.22. The van der Waals surface area contributed by atoms with Gasteiger partial charge in [-0.15, -0.1) is 0 Å². The average Bonchev–Trinajstić information content (AvgIpc) is 2.20. The number of rotatable bonds is 4. The van der Waals surface area contributed by atoms with Crippen LogP contribution < -0.4 is 5.32 Å². The van der Waals surface area contributed by atoms with Crippen molar-refractivity contribution in [1.82, 2.24) is 5.32 Å². The Morgan fingerprint density at radius 1 is 1.35 bits per heavy atom. The molecule has 0 aliphatic carbocycles. The van der Waals surface area contributed by atoms with Crippen LogP contribution in [-0.2, 0) is 0 Å². The van der Waals surface area contributed by atoms with Crippen molar-refractivity contribution in [2.45, 2.75) is 13.1 Å². The third kappa shape index (κ3) is 4.52. The van der Waals surface area contributed by atoms with Crippen LogP contribution in [0.15, 0.2) is 18.2 Å². The van der Waals surface area contributed by atoms with Crippen LogP contribution >= 0.6 is 0 Å². The fourth-order valence-electron chi connectivity index (χ4n) is 1.19. The highest BCUT2D eigenvalue weighted by Crippen LogP contribution is 2.12. The third-order valence-corrected chi connectivity index (χ3v) is 2.10. The SMILES string of the molecule is Cc1ccc(C(=O)CNCC(F)(F)F)cc1F. The fraction of sp³-hybridized carbons (Fsp3) is 0.364. The molecule has 0 radical (unpaired) electrons. The first-order valence-corrected chi connectivity index (χ1v) is 4.86. The molecule has 94 valence electrons. The molecule has 0 aliphatic rings. The Morgan fingerprint density at radius 3 is 2.53 bits per heavy atom. The average molecular weight is 249 g/mol. The van der Waals surface area contributed by atoms with Crippen molar-refractivity contribution in [2.75, 3.05) is 13.1 Å². The number of hydrogen-bond acceptors (Lipinski definition) is 2. The first kappa shape index (κ1) is 13.6. The zero-order valence-corrected chi connectivity index (χ0v) is 9.07. The highest BCUT2D eigenvalue weighted by atomic mass is 19.4. The summed E-state index contributed by atoms with van der Waals surface area (Å²) < 4.78 is 48.5. The molecule has 2 nitrogen and oxygen atoms in total. The molecule has 0 unspecified atom stereocenters. The molecule has 0 saturated carbocycles. The number of hydrogen-bond donors (Lipinski definition) is 1. The van der Waals surface area contributed by atoms with Gasteiger partial charge in [-0.1, -0.05) is 12.1 Å². The molecule has 6 heteroatoms. The van der Waals surface area contributed by atoms with Gasteiger partial charge < -0.3 is 5.32 Å². The monoisotopic (exact) mass is 249 g/mol. The van der Waals surface area contributed by atoms with Gasteiger partial charge in [0.25, 0.3) is 0 Å². The molecular formula is C11H11F4NO. The van der Waals surface area contributed by atoms with Gasteiger partial charge in [0.1, 0.15) is 5.82 Å². The number of ketones is 1. The van der Waals surface area contributed by atoms with Crippen LogP contribution in [0.1, 0.15) is 15.9 Å². The van der Waals surface area contributed by atoms with Gasteiger partial charge in [-0.05, 0) is 18.6 Å². The zero-order chi connectivity index (χ0) is 13.1. The minimum Gasteiger partial charge on any atom is -0.302 e.